The molecule has 1 heterocycles. The quantitative estimate of drug-likeness (QED) is 0.298. The standard InChI is InChI=1S/C20H15Br2NO3/c1-2-11-23-17(12-3-7-14(21)8-4-12)16(19(25)20(23)26)18(24)13-5-9-15(22)10-6-13/h2-10,17,24H,1,11H2/b18-16-. The van der Waals surface area contributed by atoms with E-state index in [-0.39, 0.29) is 17.9 Å². The third kappa shape index (κ3) is 3.39. The largest absolute Gasteiger partial charge is 0.507 e. The summed E-state index contributed by atoms with van der Waals surface area (Å²) in [6.07, 6.45) is 1.57. The van der Waals surface area contributed by atoms with Gasteiger partial charge in [-0.05, 0) is 29.8 Å². The number of nitrogens with zero attached hydrogens (tertiary/aromatic N) is 1. The number of halogens is 2. The molecule has 1 unspecified atom stereocenters. The molecule has 0 aliphatic carbocycles. The Morgan fingerprint density at radius 2 is 1.58 bits per heavy atom. The summed E-state index contributed by atoms with van der Waals surface area (Å²) in [4.78, 5) is 26.6. The minimum atomic E-state index is -0.694. The minimum absolute atomic E-state index is 0.0847. The van der Waals surface area contributed by atoms with Gasteiger partial charge in [0.15, 0.2) is 0 Å². The SMILES string of the molecule is C=CCN1C(=O)C(=O)/C(=C(\O)c2ccc(Br)cc2)C1c1ccc(Br)cc1. The summed E-state index contributed by atoms with van der Waals surface area (Å²) >= 11 is 6.72. The topological polar surface area (TPSA) is 57.6 Å². The number of carbonyl (C=O) groups is 2. The van der Waals surface area contributed by atoms with Crippen LogP contribution in [0.15, 0.2) is 75.7 Å². The number of amides is 1. The predicted octanol–water partition coefficient (Wildman–Crippen LogP) is 4.82. The van der Waals surface area contributed by atoms with Crippen molar-refractivity contribution < 1.29 is 14.7 Å². The predicted molar refractivity (Wildman–Crippen MR) is 107 cm³/mol. The zero-order chi connectivity index (χ0) is 18.8. The molecular weight excluding hydrogens is 462 g/mol. The van der Waals surface area contributed by atoms with Crippen LogP contribution in [0.4, 0.5) is 0 Å². The van der Waals surface area contributed by atoms with Gasteiger partial charge in [-0.2, -0.15) is 0 Å². The van der Waals surface area contributed by atoms with Crippen LogP contribution in [0.2, 0.25) is 0 Å². The van der Waals surface area contributed by atoms with Crippen molar-refractivity contribution in [1.29, 1.82) is 0 Å². The molecule has 0 aromatic heterocycles. The highest BCUT2D eigenvalue weighted by molar-refractivity contribution is 9.10. The molecule has 0 bridgehead atoms. The second kappa shape index (κ2) is 7.60. The lowest BCUT2D eigenvalue weighted by Crippen LogP contribution is -2.29. The van der Waals surface area contributed by atoms with Gasteiger partial charge in [-0.1, -0.05) is 62.2 Å². The average molecular weight is 477 g/mol. The maximum atomic E-state index is 12.7. The number of ketones is 1. The Hall–Kier alpha value is -2.18. The maximum Gasteiger partial charge on any atom is 0.295 e. The van der Waals surface area contributed by atoms with Crippen molar-refractivity contribution in [3.8, 4) is 0 Å². The molecule has 0 radical (unpaired) electrons. The lowest BCUT2D eigenvalue weighted by atomic mass is 9.95. The number of likely N-dealkylation sites (tertiary alicyclic amines) is 1. The first-order valence-corrected chi connectivity index (χ1v) is 9.43. The van der Waals surface area contributed by atoms with Gasteiger partial charge in [-0.3, -0.25) is 9.59 Å². The van der Waals surface area contributed by atoms with Crippen molar-refractivity contribution in [2.45, 2.75) is 6.04 Å². The molecule has 1 aliphatic heterocycles. The highest BCUT2D eigenvalue weighted by Crippen LogP contribution is 2.39. The molecular formula is C20H15Br2NO3. The van der Waals surface area contributed by atoms with Crippen molar-refractivity contribution in [1.82, 2.24) is 4.90 Å². The monoisotopic (exact) mass is 475 g/mol. The highest BCUT2D eigenvalue weighted by atomic mass is 79.9. The first kappa shape index (κ1) is 18.6. The van der Waals surface area contributed by atoms with Gasteiger partial charge >= 0.3 is 0 Å². The third-order valence-corrected chi connectivity index (χ3v) is 5.23. The molecule has 1 amide bonds. The van der Waals surface area contributed by atoms with E-state index in [0.29, 0.717) is 5.56 Å². The number of aliphatic hydroxyl groups excluding tert-OH is 1. The fourth-order valence-electron chi connectivity index (χ4n) is 2.96. The van der Waals surface area contributed by atoms with E-state index in [1.807, 2.05) is 24.3 Å². The van der Waals surface area contributed by atoms with Gasteiger partial charge in [0.25, 0.3) is 11.7 Å². The Morgan fingerprint density at radius 1 is 1.04 bits per heavy atom. The Labute approximate surface area is 168 Å². The van der Waals surface area contributed by atoms with E-state index in [9.17, 15) is 14.7 Å². The van der Waals surface area contributed by atoms with Gasteiger partial charge in [-0.15, -0.1) is 6.58 Å². The fraction of sp³-hybridized carbons (Fsp3) is 0.100. The second-order valence-electron chi connectivity index (χ2n) is 5.80. The first-order chi connectivity index (χ1) is 12.4. The smallest absolute Gasteiger partial charge is 0.295 e. The van der Waals surface area contributed by atoms with Crippen LogP contribution in [-0.4, -0.2) is 28.2 Å². The molecule has 4 nitrogen and oxygen atoms in total. The normalized spacial score (nSPS) is 19.0. The average Bonchev–Trinajstić information content (AvgIpc) is 2.88. The molecule has 0 saturated carbocycles. The van der Waals surface area contributed by atoms with Gasteiger partial charge in [0.2, 0.25) is 0 Å². The molecule has 3 rings (SSSR count). The van der Waals surface area contributed by atoms with Crippen LogP contribution in [0.5, 0.6) is 0 Å². The lowest BCUT2D eigenvalue weighted by Gasteiger charge is -2.24. The zero-order valence-corrected chi connectivity index (χ0v) is 16.8. The molecule has 1 fully saturated rings. The van der Waals surface area contributed by atoms with Crippen LogP contribution in [-0.2, 0) is 9.59 Å². The van der Waals surface area contributed by atoms with Crippen LogP contribution < -0.4 is 0 Å². The first-order valence-electron chi connectivity index (χ1n) is 7.84. The van der Waals surface area contributed by atoms with Crippen molar-refractivity contribution in [2.75, 3.05) is 6.54 Å². The molecule has 1 aliphatic rings. The van der Waals surface area contributed by atoms with Gasteiger partial charge in [0.05, 0.1) is 11.6 Å². The molecule has 6 heteroatoms. The summed E-state index contributed by atoms with van der Waals surface area (Å²) in [5.74, 6) is -1.52. The van der Waals surface area contributed by atoms with Gasteiger partial charge < -0.3 is 10.0 Å². The summed E-state index contributed by atoms with van der Waals surface area (Å²) in [6.45, 7) is 3.88. The minimum Gasteiger partial charge on any atom is -0.507 e. The van der Waals surface area contributed by atoms with E-state index < -0.39 is 17.7 Å². The van der Waals surface area contributed by atoms with E-state index in [1.54, 1.807) is 30.3 Å². The Bertz CT molecular complexity index is 902. The Balaban J connectivity index is 2.18. The highest BCUT2D eigenvalue weighted by Gasteiger charge is 2.45. The molecule has 2 aromatic carbocycles. The Morgan fingerprint density at radius 3 is 2.12 bits per heavy atom. The van der Waals surface area contributed by atoms with Crippen molar-refractivity contribution >= 4 is 49.3 Å². The summed E-state index contributed by atoms with van der Waals surface area (Å²) < 4.78 is 1.74. The molecule has 2 aromatic rings. The molecule has 1 saturated heterocycles. The van der Waals surface area contributed by atoms with Gasteiger partial charge in [-0.25, -0.2) is 0 Å². The summed E-state index contributed by atoms with van der Waals surface area (Å²) in [7, 11) is 0. The van der Waals surface area contributed by atoms with E-state index in [1.165, 1.54) is 4.90 Å². The van der Waals surface area contributed by atoms with Crippen molar-refractivity contribution in [3.63, 3.8) is 0 Å². The van der Waals surface area contributed by atoms with Crippen LogP contribution in [0.3, 0.4) is 0 Å². The third-order valence-electron chi connectivity index (χ3n) is 4.17. The van der Waals surface area contributed by atoms with Crippen LogP contribution >= 0.6 is 31.9 Å². The second-order valence-corrected chi connectivity index (χ2v) is 7.63. The number of hydrogen-bond donors (Lipinski definition) is 1. The number of hydrogen-bond acceptors (Lipinski definition) is 3. The molecule has 1 atom stereocenters. The molecule has 26 heavy (non-hydrogen) atoms. The van der Waals surface area contributed by atoms with Crippen molar-refractivity contribution in [3.05, 3.63) is 86.8 Å². The van der Waals surface area contributed by atoms with Gasteiger partial charge in [0, 0.05) is 21.1 Å². The molecule has 1 N–H and O–H groups in total. The Kier molecular flexibility index (Phi) is 5.44. The summed E-state index contributed by atoms with van der Waals surface area (Å²) in [6, 6.07) is 13.6. The summed E-state index contributed by atoms with van der Waals surface area (Å²) in [5, 5.41) is 10.8. The summed E-state index contributed by atoms with van der Waals surface area (Å²) in [5.41, 5.74) is 1.31. The number of aliphatic hydroxyl groups is 1. The molecule has 132 valence electrons. The number of benzene rings is 2. The fourth-order valence-corrected chi connectivity index (χ4v) is 3.49. The zero-order valence-electron chi connectivity index (χ0n) is 13.7. The van der Waals surface area contributed by atoms with E-state index in [0.717, 1.165) is 14.5 Å². The van der Waals surface area contributed by atoms with Crippen molar-refractivity contribution in [2.24, 2.45) is 0 Å². The molecule has 0 spiro atoms. The van der Waals surface area contributed by atoms with Crippen LogP contribution in [0, 0.1) is 0 Å². The van der Waals surface area contributed by atoms with Crippen LogP contribution in [0.25, 0.3) is 5.76 Å². The number of rotatable bonds is 4. The maximum absolute atomic E-state index is 12.7. The number of Topliss-reactive ketones (excluding diaryl/α,β-unsaturated/α-hetero) is 1. The van der Waals surface area contributed by atoms with E-state index in [4.69, 9.17) is 0 Å². The van der Waals surface area contributed by atoms with Crippen LogP contribution in [0.1, 0.15) is 17.2 Å². The van der Waals surface area contributed by atoms with Gasteiger partial charge in [0.1, 0.15) is 5.76 Å². The lowest BCUT2D eigenvalue weighted by molar-refractivity contribution is -0.139. The van der Waals surface area contributed by atoms with E-state index in [2.05, 4.69) is 38.4 Å². The van der Waals surface area contributed by atoms with E-state index >= 15 is 0 Å². The number of carbonyl (C=O) groups excluding carboxylic acids is 2.